The van der Waals surface area contributed by atoms with Crippen molar-refractivity contribution < 1.29 is 13.9 Å². The zero-order valence-electron chi connectivity index (χ0n) is 13.3. The first-order valence-electron chi connectivity index (χ1n) is 7.79. The lowest BCUT2D eigenvalue weighted by Gasteiger charge is -2.15. The van der Waals surface area contributed by atoms with Crippen LogP contribution in [0.15, 0.2) is 24.4 Å². The van der Waals surface area contributed by atoms with E-state index in [1.165, 1.54) is 38.2 Å². The highest BCUT2D eigenvalue weighted by Crippen LogP contribution is 2.32. The fourth-order valence-corrected chi connectivity index (χ4v) is 3.01. The number of ether oxygens (including phenoxy) is 1. The zero-order chi connectivity index (χ0) is 16.4. The monoisotopic (exact) mass is 317 g/mol. The van der Waals surface area contributed by atoms with Gasteiger partial charge < -0.3 is 10.1 Å². The molecular formula is C17H20FN3O2. The molecule has 5 nitrogen and oxygen atoms in total. The molecule has 0 aliphatic heterocycles. The average molecular weight is 317 g/mol. The Labute approximate surface area is 134 Å². The number of rotatable bonds is 4. The first-order chi connectivity index (χ1) is 11.1. The van der Waals surface area contributed by atoms with Crippen LogP contribution in [-0.2, 0) is 0 Å². The zero-order valence-corrected chi connectivity index (χ0v) is 13.3. The van der Waals surface area contributed by atoms with Crippen molar-refractivity contribution in [1.82, 2.24) is 9.78 Å². The van der Waals surface area contributed by atoms with Crippen molar-refractivity contribution in [1.29, 1.82) is 0 Å². The van der Waals surface area contributed by atoms with E-state index >= 15 is 0 Å². The number of amides is 1. The second-order valence-corrected chi connectivity index (χ2v) is 5.86. The number of carbonyl (C=O) groups is 1. The standard InChI is InChI=1S/C17H20FN3O2/c1-11-10-19-21(13-5-3-4-6-13)16(11)20-17(22)12-7-8-14(18)15(9-12)23-2/h7-10,13H,3-6H2,1-2H3,(H,20,22). The lowest BCUT2D eigenvalue weighted by atomic mass is 10.2. The van der Waals surface area contributed by atoms with Crippen LogP contribution in [0, 0.1) is 12.7 Å². The third-order valence-electron chi connectivity index (χ3n) is 4.29. The van der Waals surface area contributed by atoms with Gasteiger partial charge in [-0.1, -0.05) is 12.8 Å². The minimum Gasteiger partial charge on any atom is -0.494 e. The molecule has 0 bridgehead atoms. The van der Waals surface area contributed by atoms with E-state index in [2.05, 4.69) is 10.4 Å². The van der Waals surface area contributed by atoms with Crippen molar-refractivity contribution >= 4 is 11.7 Å². The minimum atomic E-state index is -0.490. The summed E-state index contributed by atoms with van der Waals surface area (Å²) in [5, 5.41) is 7.32. The molecule has 1 saturated carbocycles. The molecule has 1 aromatic carbocycles. The van der Waals surface area contributed by atoms with E-state index in [-0.39, 0.29) is 11.7 Å². The van der Waals surface area contributed by atoms with Gasteiger partial charge in [-0.2, -0.15) is 5.10 Å². The molecule has 1 aliphatic rings. The lowest BCUT2D eigenvalue weighted by molar-refractivity contribution is 0.102. The van der Waals surface area contributed by atoms with E-state index in [0.29, 0.717) is 17.4 Å². The Hall–Kier alpha value is -2.37. The third kappa shape index (κ3) is 3.06. The average Bonchev–Trinajstić information content (AvgIpc) is 3.18. The summed E-state index contributed by atoms with van der Waals surface area (Å²) in [6.07, 6.45) is 6.29. The van der Waals surface area contributed by atoms with E-state index < -0.39 is 5.82 Å². The van der Waals surface area contributed by atoms with Gasteiger partial charge in [0.05, 0.1) is 19.3 Å². The van der Waals surface area contributed by atoms with E-state index in [0.717, 1.165) is 18.4 Å². The molecule has 0 atom stereocenters. The highest BCUT2D eigenvalue weighted by atomic mass is 19.1. The summed E-state index contributed by atoms with van der Waals surface area (Å²) >= 11 is 0. The largest absolute Gasteiger partial charge is 0.494 e. The van der Waals surface area contributed by atoms with Gasteiger partial charge in [-0.3, -0.25) is 4.79 Å². The number of aryl methyl sites for hydroxylation is 1. The number of hydrogen-bond acceptors (Lipinski definition) is 3. The van der Waals surface area contributed by atoms with Crippen molar-refractivity contribution in [3.8, 4) is 5.75 Å². The molecule has 1 amide bonds. The first-order valence-corrected chi connectivity index (χ1v) is 7.79. The Morgan fingerprint density at radius 2 is 2.13 bits per heavy atom. The van der Waals surface area contributed by atoms with Gasteiger partial charge in [0.15, 0.2) is 11.6 Å². The van der Waals surface area contributed by atoms with Gasteiger partial charge in [-0.25, -0.2) is 9.07 Å². The van der Waals surface area contributed by atoms with Crippen LogP contribution in [0.3, 0.4) is 0 Å². The lowest BCUT2D eigenvalue weighted by Crippen LogP contribution is -2.18. The fourth-order valence-electron chi connectivity index (χ4n) is 3.01. The molecule has 0 saturated heterocycles. The molecule has 0 radical (unpaired) electrons. The molecule has 1 fully saturated rings. The summed E-state index contributed by atoms with van der Waals surface area (Å²) in [6, 6.07) is 4.41. The van der Waals surface area contributed by atoms with Crippen molar-refractivity contribution in [3.05, 3.63) is 41.3 Å². The first kappa shape index (κ1) is 15.5. The summed E-state index contributed by atoms with van der Waals surface area (Å²) in [5.74, 6) is -0.0220. The number of benzene rings is 1. The van der Waals surface area contributed by atoms with Crippen molar-refractivity contribution in [2.45, 2.75) is 38.6 Å². The number of halogens is 1. The molecule has 0 unspecified atom stereocenters. The van der Waals surface area contributed by atoms with Gasteiger partial charge in [-0.05, 0) is 38.0 Å². The Kier molecular flexibility index (Phi) is 4.32. The number of methoxy groups -OCH3 is 1. The van der Waals surface area contributed by atoms with E-state index in [1.807, 2.05) is 11.6 Å². The van der Waals surface area contributed by atoms with Crippen LogP contribution in [0.1, 0.15) is 47.6 Å². The van der Waals surface area contributed by atoms with Crippen molar-refractivity contribution in [2.24, 2.45) is 0 Å². The van der Waals surface area contributed by atoms with Crippen LogP contribution in [0.2, 0.25) is 0 Å². The second-order valence-electron chi connectivity index (χ2n) is 5.86. The van der Waals surface area contributed by atoms with Crippen LogP contribution < -0.4 is 10.1 Å². The fraction of sp³-hybridized carbons (Fsp3) is 0.412. The smallest absolute Gasteiger partial charge is 0.256 e. The summed E-state index contributed by atoms with van der Waals surface area (Å²) in [7, 11) is 1.37. The maximum atomic E-state index is 13.5. The molecule has 1 aliphatic carbocycles. The van der Waals surface area contributed by atoms with Gasteiger partial charge in [0, 0.05) is 11.1 Å². The number of anilines is 1. The number of hydrogen-bond donors (Lipinski definition) is 1. The Morgan fingerprint density at radius 3 is 2.83 bits per heavy atom. The molecule has 1 aromatic heterocycles. The maximum Gasteiger partial charge on any atom is 0.256 e. The van der Waals surface area contributed by atoms with E-state index in [1.54, 1.807) is 6.20 Å². The molecule has 23 heavy (non-hydrogen) atoms. The summed E-state index contributed by atoms with van der Waals surface area (Å²) in [5.41, 5.74) is 1.26. The molecule has 3 rings (SSSR count). The molecule has 1 N–H and O–H groups in total. The predicted octanol–water partition coefficient (Wildman–Crippen LogP) is 3.71. The number of carbonyl (C=O) groups excluding carboxylic acids is 1. The maximum absolute atomic E-state index is 13.5. The van der Waals surface area contributed by atoms with E-state index in [4.69, 9.17) is 4.74 Å². The summed E-state index contributed by atoms with van der Waals surface area (Å²) in [4.78, 5) is 12.5. The molecule has 122 valence electrons. The Morgan fingerprint density at radius 1 is 1.39 bits per heavy atom. The minimum absolute atomic E-state index is 0.0543. The van der Waals surface area contributed by atoms with Crippen LogP contribution in [0.25, 0.3) is 0 Å². The summed E-state index contributed by atoms with van der Waals surface area (Å²) < 4.78 is 20.3. The summed E-state index contributed by atoms with van der Waals surface area (Å²) in [6.45, 7) is 1.92. The second kappa shape index (κ2) is 6.40. The van der Waals surface area contributed by atoms with Crippen molar-refractivity contribution in [2.75, 3.05) is 12.4 Å². The SMILES string of the molecule is COc1cc(C(=O)Nc2c(C)cnn2C2CCCC2)ccc1F. The quantitative estimate of drug-likeness (QED) is 0.935. The van der Waals surface area contributed by atoms with Gasteiger partial charge >= 0.3 is 0 Å². The van der Waals surface area contributed by atoms with Crippen molar-refractivity contribution in [3.63, 3.8) is 0 Å². The molecule has 0 spiro atoms. The molecular weight excluding hydrogens is 297 g/mol. The van der Waals surface area contributed by atoms with Crippen LogP contribution in [-0.4, -0.2) is 22.8 Å². The van der Waals surface area contributed by atoms with Gasteiger partial charge in [0.2, 0.25) is 0 Å². The third-order valence-corrected chi connectivity index (χ3v) is 4.29. The number of nitrogens with one attached hydrogen (secondary N) is 1. The Balaban J connectivity index is 1.84. The molecule has 6 heteroatoms. The van der Waals surface area contributed by atoms with Gasteiger partial charge in [0.1, 0.15) is 5.82 Å². The van der Waals surface area contributed by atoms with Crippen LogP contribution >= 0.6 is 0 Å². The van der Waals surface area contributed by atoms with Crippen LogP contribution in [0.4, 0.5) is 10.2 Å². The van der Waals surface area contributed by atoms with E-state index in [9.17, 15) is 9.18 Å². The molecule has 1 heterocycles. The topological polar surface area (TPSA) is 56.1 Å². The molecule has 2 aromatic rings. The normalized spacial score (nSPS) is 14.9. The predicted molar refractivity (Wildman–Crippen MR) is 85.4 cm³/mol. The highest BCUT2D eigenvalue weighted by Gasteiger charge is 2.22. The number of aromatic nitrogens is 2. The highest BCUT2D eigenvalue weighted by molar-refractivity contribution is 6.04. The number of nitrogens with zero attached hydrogens (tertiary/aromatic N) is 2. The van der Waals surface area contributed by atoms with Crippen LogP contribution in [0.5, 0.6) is 5.75 Å². The van der Waals surface area contributed by atoms with Gasteiger partial charge in [0.25, 0.3) is 5.91 Å². The Bertz CT molecular complexity index is 721. The van der Waals surface area contributed by atoms with Gasteiger partial charge in [-0.15, -0.1) is 0 Å².